The number of nitriles is 1. The maximum atomic E-state index is 13.8. The summed E-state index contributed by atoms with van der Waals surface area (Å²) in [6, 6.07) is 31.3. The van der Waals surface area contributed by atoms with Gasteiger partial charge in [0.1, 0.15) is 11.4 Å². The van der Waals surface area contributed by atoms with E-state index in [0.717, 1.165) is 11.1 Å². The van der Waals surface area contributed by atoms with Crippen molar-refractivity contribution in [2.75, 3.05) is 4.72 Å². The molecule has 3 aromatic carbocycles. The fourth-order valence-corrected chi connectivity index (χ4v) is 6.87. The number of hydrogen-bond donors (Lipinski definition) is 2. The minimum absolute atomic E-state index is 0.00252. The minimum atomic E-state index is -4.08. The Hall–Kier alpha value is -4.94. The van der Waals surface area contributed by atoms with E-state index < -0.39 is 27.5 Å². The summed E-state index contributed by atoms with van der Waals surface area (Å²) in [7, 11) is -4.08. The third-order valence-corrected chi connectivity index (χ3v) is 9.47. The van der Waals surface area contributed by atoms with Crippen molar-refractivity contribution in [1.82, 2.24) is 4.98 Å². The van der Waals surface area contributed by atoms with Crippen LogP contribution in [0.1, 0.15) is 60.8 Å². The number of pyridine rings is 1. The second kappa shape index (κ2) is 13.8. The van der Waals surface area contributed by atoms with Crippen molar-refractivity contribution < 1.29 is 23.1 Å². The van der Waals surface area contributed by atoms with Gasteiger partial charge in [0.05, 0.1) is 17.2 Å². The number of ether oxygens (including phenoxy) is 1. The molecule has 4 aromatic rings. The number of aliphatic hydroxyl groups is 1. The number of nitrogens with zero attached hydrogens (tertiary/aromatic N) is 2. The lowest BCUT2D eigenvalue weighted by Gasteiger charge is -2.39. The molecule has 1 aromatic heterocycles. The van der Waals surface area contributed by atoms with E-state index in [2.05, 4.69) is 9.71 Å². The quantitative estimate of drug-likeness (QED) is 0.163. The zero-order chi connectivity index (χ0) is 31.9. The lowest BCUT2D eigenvalue weighted by atomic mass is 9.79. The van der Waals surface area contributed by atoms with Gasteiger partial charge >= 0.3 is 5.97 Å². The normalized spacial score (nSPS) is 15.2. The van der Waals surface area contributed by atoms with Crippen LogP contribution in [-0.4, -0.2) is 30.1 Å². The van der Waals surface area contributed by atoms with Gasteiger partial charge in [0.15, 0.2) is 5.03 Å². The Morgan fingerprint density at radius 3 is 2.18 bits per heavy atom. The molecule has 0 amide bonds. The van der Waals surface area contributed by atoms with E-state index >= 15 is 0 Å². The number of hydrogen-bond acceptors (Lipinski definition) is 7. The monoisotopic (exact) mass is 621 g/mol. The van der Waals surface area contributed by atoms with Crippen molar-refractivity contribution in [3.63, 3.8) is 0 Å². The Kier molecular flexibility index (Phi) is 9.65. The lowest BCUT2D eigenvalue weighted by molar-refractivity contribution is -0.161. The second-order valence-electron chi connectivity index (χ2n) is 11.3. The summed E-state index contributed by atoms with van der Waals surface area (Å²) in [4.78, 5) is 17.7. The Labute approximate surface area is 264 Å². The highest BCUT2D eigenvalue weighted by molar-refractivity contribution is 7.92. The smallest absolute Gasteiger partial charge is 0.338 e. The molecule has 0 spiro atoms. The standard InChI is InChI=1S/C36H35N3O5S/c1-2-31(29-14-9-15-30(23-29)39-45(42,43)33-22-28(25-37)18-21-38-33)34-32(40)24-36(44-35(34)41,19-16-26-10-5-3-6-11-26)20-17-27-12-7-4-8-13-27/h3-15,18,21-23,31,39-40H,2,16-17,19-20,24H2,1H3. The van der Waals surface area contributed by atoms with Crippen LogP contribution in [0.5, 0.6) is 0 Å². The molecule has 1 aliphatic heterocycles. The Morgan fingerprint density at radius 2 is 1.60 bits per heavy atom. The van der Waals surface area contributed by atoms with E-state index in [1.165, 1.54) is 18.3 Å². The Balaban J connectivity index is 1.41. The van der Waals surface area contributed by atoms with Gasteiger partial charge in [0, 0.05) is 24.2 Å². The van der Waals surface area contributed by atoms with Crippen molar-refractivity contribution in [2.45, 2.75) is 62.0 Å². The molecule has 0 radical (unpaired) electrons. The molecule has 230 valence electrons. The molecular weight excluding hydrogens is 586 g/mol. The number of aliphatic hydroxyl groups excluding tert-OH is 1. The molecule has 9 heteroatoms. The fourth-order valence-electron chi connectivity index (χ4n) is 5.85. The number of sulfonamides is 1. The van der Waals surface area contributed by atoms with E-state index in [1.54, 1.807) is 24.3 Å². The number of nitrogens with one attached hydrogen (secondary N) is 1. The number of carbonyl (C=O) groups excluding carboxylic acids is 1. The SMILES string of the molecule is CCC(C1=C(O)CC(CCc2ccccc2)(CCc2ccccc2)OC1=O)c1cccc(NS(=O)(=O)c2cc(C#N)ccn2)c1. The molecule has 0 saturated carbocycles. The van der Waals surface area contributed by atoms with Crippen LogP contribution in [0, 0.1) is 11.3 Å². The molecule has 45 heavy (non-hydrogen) atoms. The highest BCUT2D eigenvalue weighted by Crippen LogP contribution is 2.42. The number of carbonyl (C=O) groups is 1. The van der Waals surface area contributed by atoms with E-state index in [4.69, 9.17) is 10.00 Å². The summed E-state index contributed by atoms with van der Waals surface area (Å²) in [5.74, 6) is -1.08. The first-order chi connectivity index (χ1) is 21.7. The molecule has 8 nitrogen and oxygen atoms in total. The molecule has 2 heterocycles. The summed E-state index contributed by atoms with van der Waals surface area (Å²) in [6.07, 6.45) is 4.42. The van der Waals surface area contributed by atoms with E-state index in [1.807, 2.05) is 73.7 Å². The molecule has 1 atom stereocenters. The first-order valence-corrected chi connectivity index (χ1v) is 16.4. The number of anilines is 1. The Morgan fingerprint density at radius 1 is 0.956 bits per heavy atom. The van der Waals surface area contributed by atoms with Gasteiger partial charge in [-0.3, -0.25) is 4.72 Å². The number of benzene rings is 3. The maximum Gasteiger partial charge on any atom is 0.338 e. The van der Waals surface area contributed by atoms with E-state index in [0.29, 0.717) is 37.7 Å². The van der Waals surface area contributed by atoms with E-state index in [9.17, 15) is 18.3 Å². The van der Waals surface area contributed by atoms with Crippen LogP contribution >= 0.6 is 0 Å². The molecule has 0 aliphatic carbocycles. The third kappa shape index (κ3) is 7.59. The lowest BCUT2D eigenvalue weighted by Crippen LogP contribution is -2.42. The molecule has 2 N–H and O–H groups in total. The minimum Gasteiger partial charge on any atom is -0.512 e. The summed E-state index contributed by atoms with van der Waals surface area (Å²) >= 11 is 0. The summed E-state index contributed by atoms with van der Waals surface area (Å²) in [5, 5.41) is 20.4. The largest absolute Gasteiger partial charge is 0.512 e. The Bertz CT molecular complexity index is 1790. The fraction of sp³-hybridized carbons (Fsp3) is 0.250. The first-order valence-electron chi connectivity index (χ1n) is 14.9. The van der Waals surface area contributed by atoms with Crippen LogP contribution in [-0.2, 0) is 32.4 Å². The van der Waals surface area contributed by atoms with Crippen molar-refractivity contribution in [1.29, 1.82) is 5.26 Å². The summed E-state index contributed by atoms with van der Waals surface area (Å²) in [6.45, 7) is 1.90. The van der Waals surface area contributed by atoms with Gasteiger partial charge in [0.2, 0.25) is 0 Å². The van der Waals surface area contributed by atoms with Gasteiger partial charge in [-0.2, -0.15) is 13.7 Å². The molecule has 5 rings (SSSR count). The molecule has 0 fully saturated rings. The third-order valence-electron chi connectivity index (χ3n) is 8.19. The second-order valence-corrected chi connectivity index (χ2v) is 12.9. The highest BCUT2D eigenvalue weighted by Gasteiger charge is 2.43. The van der Waals surface area contributed by atoms with Crippen molar-refractivity contribution in [3.05, 3.63) is 137 Å². The van der Waals surface area contributed by atoms with Crippen LogP contribution in [0.15, 0.2) is 120 Å². The zero-order valence-corrected chi connectivity index (χ0v) is 25.8. The molecule has 0 bridgehead atoms. The summed E-state index contributed by atoms with van der Waals surface area (Å²) in [5.41, 5.74) is 2.65. The molecular formula is C36H35N3O5S. The van der Waals surface area contributed by atoms with Gasteiger partial charge in [-0.05, 0) is 73.1 Å². The number of esters is 1. The number of aryl methyl sites for hydroxylation is 2. The van der Waals surface area contributed by atoms with Crippen molar-refractivity contribution in [3.8, 4) is 6.07 Å². The predicted molar refractivity (Wildman–Crippen MR) is 172 cm³/mol. The maximum absolute atomic E-state index is 13.8. The number of rotatable bonds is 12. The van der Waals surface area contributed by atoms with E-state index in [-0.39, 0.29) is 34.0 Å². The topological polar surface area (TPSA) is 129 Å². The van der Waals surface area contributed by atoms with Gasteiger partial charge in [-0.25, -0.2) is 9.78 Å². The number of aromatic nitrogens is 1. The first kappa shape index (κ1) is 31.5. The van der Waals surface area contributed by atoms with Crippen LogP contribution < -0.4 is 4.72 Å². The van der Waals surface area contributed by atoms with Crippen molar-refractivity contribution in [2.24, 2.45) is 0 Å². The highest BCUT2D eigenvalue weighted by atomic mass is 32.2. The van der Waals surface area contributed by atoms with Gasteiger partial charge in [-0.1, -0.05) is 79.7 Å². The molecule has 1 aliphatic rings. The van der Waals surface area contributed by atoms with Crippen LogP contribution in [0.4, 0.5) is 5.69 Å². The molecule has 0 saturated heterocycles. The average molecular weight is 622 g/mol. The molecule has 1 unspecified atom stereocenters. The van der Waals surface area contributed by atoms with Crippen LogP contribution in [0.2, 0.25) is 0 Å². The summed E-state index contributed by atoms with van der Waals surface area (Å²) < 4.78 is 34.8. The zero-order valence-electron chi connectivity index (χ0n) is 25.0. The van der Waals surface area contributed by atoms with Gasteiger partial charge < -0.3 is 9.84 Å². The number of cyclic esters (lactones) is 1. The van der Waals surface area contributed by atoms with Gasteiger partial charge in [-0.15, -0.1) is 0 Å². The predicted octanol–water partition coefficient (Wildman–Crippen LogP) is 7.01. The average Bonchev–Trinajstić information content (AvgIpc) is 3.05. The van der Waals surface area contributed by atoms with Gasteiger partial charge in [0.25, 0.3) is 10.0 Å². The van der Waals surface area contributed by atoms with Crippen molar-refractivity contribution >= 4 is 21.7 Å². The van der Waals surface area contributed by atoms with Crippen LogP contribution in [0.25, 0.3) is 0 Å². The van der Waals surface area contributed by atoms with Crippen LogP contribution in [0.3, 0.4) is 0 Å².